The van der Waals surface area contributed by atoms with E-state index >= 15 is 0 Å². The second kappa shape index (κ2) is 7.52. The fourth-order valence-corrected chi connectivity index (χ4v) is 4.05. The third-order valence-electron chi connectivity index (χ3n) is 3.96. The Morgan fingerprint density at radius 3 is 2.65 bits per heavy atom. The molecule has 1 unspecified atom stereocenters. The second-order valence-electron chi connectivity index (χ2n) is 5.97. The number of nitrogens with one attached hydrogen (secondary N) is 1. The Hall–Kier alpha value is -2.95. The summed E-state index contributed by atoms with van der Waals surface area (Å²) in [7, 11) is -3.53. The number of nitriles is 1. The minimum atomic E-state index is -3.53. The summed E-state index contributed by atoms with van der Waals surface area (Å²) in [6.07, 6.45) is 5.25. The van der Waals surface area contributed by atoms with Crippen molar-refractivity contribution < 1.29 is 8.42 Å². The van der Waals surface area contributed by atoms with Gasteiger partial charge < -0.3 is 4.57 Å². The average Bonchev–Trinajstić information content (AvgIpc) is 3.16. The highest BCUT2D eigenvalue weighted by molar-refractivity contribution is 7.88. The first-order valence-electron chi connectivity index (χ1n) is 8.04. The van der Waals surface area contributed by atoms with E-state index in [0.717, 1.165) is 11.3 Å². The van der Waals surface area contributed by atoms with Gasteiger partial charge in [0.1, 0.15) is 0 Å². The Labute approximate surface area is 152 Å². The van der Waals surface area contributed by atoms with Crippen molar-refractivity contribution in [3.05, 3.63) is 83.9 Å². The van der Waals surface area contributed by atoms with Crippen molar-refractivity contribution in [1.82, 2.24) is 14.3 Å². The number of rotatable bonds is 6. The Kier molecular flexibility index (Phi) is 5.16. The van der Waals surface area contributed by atoms with Gasteiger partial charge in [-0.2, -0.15) is 5.26 Å². The Balaban J connectivity index is 1.70. The highest BCUT2D eigenvalue weighted by Gasteiger charge is 2.17. The standard InChI is InChI=1S/C19H18N4O2S/c1-15(18-5-7-19(8-6-18)23-10-9-21-14-23)22-26(24,25)13-17-4-2-3-16(11-17)12-20/h2-11,14-15,22H,13H2,1H3. The van der Waals surface area contributed by atoms with Crippen LogP contribution >= 0.6 is 0 Å². The molecule has 0 bridgehead atoms. The van der Waals surface area contributed by atoms with Crippen molar-refractivity contribution in [2.45, 2.75) is 18.7 Å². The van der Waals surface area contributed by atoms with Gasteiger partial charge in [-0.3, -0.25) is 0 Å². The Morgan fingerprint density at radius 1 is 1.23 bits per heavy atom. The number of hydrogen-bond acceptors (Lipinski definition) is 4. The van der Waals surface area contributed by atoms with E-state index in [1.54, 1.807) is 43.7 Å². The number of sulfonamides is 1. The molecular weight excluding hydrogens is 348 g/mol. The zero-order valence-electron chi connectivity index (χ0n) is 14.2. The topological polar surface area (TPSA) is 87.8 Å². The third-order valence-corrected chi connectivity index (χ3v) is 5.39. The van der Waals surface area contributed by atoms with Crippen LogP contribution in [-0.4, -0.2) is 18.0 Å². The van der Waals surface area contributed by atoms with Gasteiger partial charge in [0.05, 0.1) is 23.7 Å². The Bertz CT molecular complexity index is 1020. The molecule has 6 nitrogen and oxygen atoms in total. The molecule has 0 fully saturated rings. The third kappa shape index (κ3) is 4.36. The number of benzene rings is 2. The minimum absolute atomic E-state index is 0.167. The Morgan fingerprint density at radius 2 is 2.00 bits per heavy atom. The molecule has 0 saturated carbocycles. The summed E-state index contributed by atoms with van der Waals surface area (Å²) in [5.74, 6) is -0.167. The zero-order chi connectivity index (χ0) is 18.6. The summed E-state index contributed by atoms with van der Waals surface area (Å²) in [6.45, 7) is 1.80. The van der Waals surface area contributed by atoms with Crippen LogP contribution in [0.4, 0.5) is 0 Å². The molecule has 0 amide bonds. The van der Waals surface area contributed by atoms with Crippen molar-refractivity contribution >= 4 is 10.0 Å². The van der Waals surface area contributed by atoms with Crippen LogP contribution in [0.2, 0.25) is 0 Å². The summed E-state index contributed by atoms with van der Waals surface area (Å²) in [5, 5.41) is 8.92. The first kappa shape index (κ1) is 17.9. The largest absolute Gasteiger partial charge is 0.306 e. The summed E-state index contributed by atoms with van der Waals surface area (Å²) in [5.41, 5.74) is 2.85. The molecule has 0 spiro atoms. The van der Waals surface area contributed by atoms with Crippen LogP contribution in [-0.2, 0) is 15.8 Å². The van der Waals surface area contributed by atoms with Gasteiger partial charge in [0, 0.05) is 24.1 Å². The van der Waals surface area contributed by atoms with Crippen LogP contribution in [0.3, 0.4) is 0 Å². The van der Waals surface area contributed by atoms with E-state index < -0.39 is 10.0 Å². The molecule has 1 aromatic heterocycles. The van der Waals surface area contributed by atoms with E-state index in [-0.39, 0.29) is 11.8 Å². The van der Waals surface area contributed by atoms with Crippen molar-refractivity contribution in [3.63, 3.8) is 0 Å². The molecule has 1 atom stereocenters. The summed E-state index contributed by atoms with van der Waals surface area (Å²) >= 11 is 0. The average molecular weight is 366 g/mol. The van der Waals surface area contributed by atoms with E-state index in [9.17, 15) is 8.42 Å². The summed E-state index contributed by atoms with van der Waals surface area (Å²) in [4.78, 5) is 4.01. The molecule has 0 saturated heterocycles. The van der Waals surface area contributed by atoms with Gasteiger partial charge in [-0.1, -0.05) is 24.3 Å². The number of aromatic nitrogens is 2. The van der Waals surface area contributed by atoms with Gasteiger partial charge in [-0.05, 0) is 42.3 Å². The zero-order valence-corrected chi connectivity index (χ0v) is 15.0. The van der Waals surface area contributed by atoms with Crippen LogP contribution in [0.15, 0.2) is 67.3 Å². The fraction of sp³-hybridized carbons (Fsp3) is 0.158. The minimum Gasteiger partial charge on any atom is -0.306 e. The lowest BCUT2D eigenvalue weighted by Gasteiger charge is -2.15. The fourth-order valence-electron chi connectivity index (χ4n) is 2.68. The quantitative estimate of drug-likeness (QED) is 0.726. The van der Waals surface area contributed by atoms with E-state index in [0.29, 0.717) is 11.1 Å². The lowest BCUT2D eigenvalue weighted by Crippen LogP contribution is -2.28. The lowest BCUT2D eigenvalue weighted by atomic mass is 10.1. The van der Waals surface area contributed by atoms with Crippen molar-refractivity contribution in [1.29, 1.82) is 5.26 Å². The molecule has 0 aliphatic heterocycles. The molecule has 1 N–H and O–H groups in total. The summed E-state index contributed by atoms with van der Waals surface area (Å²) in [6, 6.07) is 15.9. The molecule has 26 heavy (non-hydrogen) atoms. The van der Waals surface area contributed by atoms with Crippen LogP contribution in [0.1, 0.15) is 29.7 Å². The van der Waals surface area contributed by atoms with Gasteiger partial charge >= 0.3 is 0 Å². The molecule has 7 heteroatoms. The SMILES string of the molecule is CC(NS(=O)(=O)Cc1cccc(C#N)c1)c1ccc(-n2ccnc2)cc1. The van der Waals surface area contributed by atoms with Crippen LogP contribution in [0, 0.1) is 11.3 Å². The monoisotopic (exact) mass is 366 g/mol. The first-order chi connectivity index (χ1) is 12.5. The molecule has 0 aliphatic carbocycles. The van der Waals surface area contributed by atoms with Crippen LogP contribution in [0.5, 0.6) is 0 Å². The maximum absolute atomic E-state index is 12.4. The molecule has 2 aromatic carbocycles. The number of nitrogens with zero attached hydrogens (tertiary/aromatic N) is 3. The number of imidazole rings is 1. The predicted octanol–water partition coefficient (Wildman–Crippen LogP) is 2.92. The van der Waals surface area contributed by atoms with Gasteiger partial charge in [-0.25, -0.2) is 18.1 Å². The highest BCUT2D eigenvalue weighted by atomic mass is 32.2. The van der Waals surface area contributed by atoms with E-state index in [2.05, 4.69) is 9.71 Å². The normalized spacial score (nSPS) is 12.5. The van der Waals surface area contributed by atoms with Gasteiger partial charge in [0.2, 0.25) is 10.0 Å². The molecule has 0 aliphatic rings. The number of hydrogen-bond donors (Lipinski definition) is 1. The van der Waals surface area contributed by atoms with Crippen molar-refractivity contribution in [2.24, 2.45) is 0 Å². The van der Waals surface area contributed by atoms with Crippen molar-refractivity contribution in [3.8, 4) is 11.8 Å². The van der Waals surface area contributed by atoms with Gasteiger partial charge in [0.15, 0.2) is 0 Å². The van der Waals surface area contributed by atoms with E-state index in [1.165, 1.54) is 0 Å². The van der Waals surface area contributed by atoms with Crippen LogP contribution in [0.25, 0.3) is 5.69 Å². The molecule has 0 radical (unpaired) electrons. The van der Waals surface area contributed by atoms with E-state index in [1.807, 2.05) is 41.1 Å². The molecule has 1 heterocycles. The summed E-state index contributed by atoms with van der Waals surface area (Å²) < 4.78 is 29.4. The molecule has 132 valence electrons. The lowest BCUT2D eigenvalue weighted by molar-refractivity contribution is 0.566. The van der Waals surface area contributed by atoms with Crippen molar-refractivity contribution in [2.75, 3.05) is 0 Å². The van der Waals surface area contributed by atoms with Gasteiger partial charge in [0.25, 0.3) is 0 Å². The van der Waals surface area contributed by atoms with Gasteiger partial charge in [-0.15, -0.1) is 0 Å². The maximum atomic E-state index is 12.4. The smallest absolute Gasteiger partial charge is 0.216 e. The highest BCUT2D eigenvalue weighted by Crippen LogP contribution is 2.18. The first-order valence-corrected chi connectivity index (χ1v) is 9.69. The second-order valence-corrected chi connectivity index (χ2v) is 7.73. The molecular formula is C19H18N4O2S. The predicted molar refractivity (Wildman–Crippen MR) is 98.9 cm³/mol. The molecule has 3 aromatic rings. The van der Waals surface area contributed by atoms with E-state index in [4.69, 9.17) is 5.26 Å². The van der Waals surface area contributed by atoms with Crippen LogP contribution < -0.4 is 4.72 Å². The maximum Gasteiger partial charge on any atom is 0.216 e. The molecule has 3 rings (SSSR count).